The Morgan fingerprint density at radius 3 is 2.68 bits per heavy atom. The maximum Gasteiger partial charge on any atom is 0.272 e. The van der Waals surface area contributed by atoms with E-state index in [2.05, 4.69) is 15.5 Å². The molecule has 2 atom stereocenters. The predicted octanol–water partition coefficient (Wildman–Crippen LogP) is 1.35. The summed E-state index contributed by atoms with van der Waals surface area (Å²) in [5.41, 5.74) is 0.379. The van der Waals surface area contributed by atoms with Crippen LogP contribution in [0, 0.1) is 0 Å². The van der Waals surface area contributed by atoms with Crippen LogP contribution < -0.4 is 10.1 Å². The fourth-order valence-corrected chi connectivity index (χ4v) is 3.10. The molecule has 2 heterocycles. The van der Waals surface area contributed by atoms with E-state index in [0.29, 0.717) is 18.7 Å². The molecule has 2 aromatic rings. The highest BCUT2D eigenvalue weighted by Crippen LogP contribution is 2.26. The van der Waals surface area contributed by atoms with Gasteiger partial charge < -0.3 is 15.0 Å². The van der Waals surface area contributed by atoms with E-state index in [4.69, 9.17) is 4.74 Å². The van der Waals surface area contributed by atoms with E-state index >= 15 is 0 Å². The number of hydrogen-bond donors (Lipinski definition) is 2. The Balaban J connectivity index is 1.51. The lowest BCUT2D eigenvalue weighted by atomic mass is 10.1. The number of ether oxygens (including phenoxy) is 1. The van der Waals surface area contributed by atoms with Gasteiger partial charge in [-0.2, -0.15) is 5.10 Å². The van der Waals surface area contributed by atoms with Crippen LogP contribution in [0.1, 0.15) is 29.8 Å². The van der Waals surface area contributed by atoms with Gasteiger partial charge in [-0.3, -0.25) is 14.7 Å². The summed E-state index contributed by atoms with van der Waals surface area (Å²) in [6.07, 6.45) is 3.81. The second-order valence-corrected chi connectivity index (χ2v) is 6.52. The fraction of sp³-hybridized carbons (Fsp3) is 0.389. The summed E-state index contributed by atoms with van der Waals surface area (Å²) in [6.45, 7) is 0.371. The van der Waals surface area contributed by atoms with Gasteiger partial charge >= 0.3 is 0 Å². The molecule has 1 aliphatic heterocycles. The Morgan fingerprint density at radius 2 is 2.00 bits per heavy atom. The van der Waals surface area contributed by atoms with Gasteiger partial charge in [-0.1, -0.05) is 18.2 Å². The Morgan fingerprint density at radius 1 is 1.20 bits per heavy atom. The van der Waals surface area contributed by atoms with Gasteiger partial charge in [-0.15, -0.1) is 0 Å². The molecular weight excluding hydrogens is 320 g/mol. The van der Waals surface area contributed by atoms with E-state index in [-0.39, 0.29) is 24.0 Å². The summed E-state index contributed by atoms with van der Waals surface area (Å²) in [4.78, 5) is 26.9. The Hall–Kier alpha value is -2.83. The molecule has 1 aromatic carbocycles. The van der Waals surface area contributed by atoms with Crippen molar-refractivity contribution in [1.29, 1.82) is 0 Å². The molecular formula is C18H20N4O3. The molecule has 130 valence electrons. The summed E-state index contributed by atoms with van der Waals surface area (Å²) in [6, 6.07) is 10.8. The van der Waals surface area contributed by atoms with Crippen molar-refractivity contribution in [2.45, 2.75) is 37.5 Å². The lowest BCUT2D eigenvalue weighted by Crippen LogP contribution is -2.46. The number of carbonyl (C=O) groups is 2. The van der Waals surface area contributed by atoms with Gasteiger partial charge in [-0.25, -0.2) is 0 Å². The van der Waals surface area contributed by atoms with Crippen molar-refractivity contribution in [3.8, 4) is 5.75 Å². The molecule has 0 spiro atoms. The van der Waals surface area contributed by atoms with Crippen molar-refractivity contribution >= 4 is 11.8 Å². The normalized spacial score (nSPS) is 22.6. The van der Waals surface area contributed by atoms with E-state index in [1.165, 1.54) is 6.20 Å². The van der Waals surface area contributed by atoms with Gasteiger partial charge in [0.25, 0.3) is 5.91 Å². The van der Waals surface area contributed by atoms with Crippen molar-refractivity contribution in [2.24, 2.45) is 0 Å². The van der Waals surface area contributed by atoms with Gasteiger partial charge in [0, 0.05) is 18.7 Å². The summed E-state index contributed by atoms with van der Waals surface area (Å²) < 4.78 is 5.97. The maximum absolute atomic E-state index is 12.7. The van der Waals surface area contributed by atoms with Crippen LogP contribution in [0.25, 0.3) is 0 Å². The number of carbonyl (C=O) groups excluding carboxylic acids is 2. The van der Waals surface area contributed by atoms with Crippen molar-refractivity contribution in [3.05, 3.63) is 48.3 Å². The minimum atomic E-state index is -0.523. The third kappa shape index (κ3) is 3.50. The molecule has 4 rings (SSSR count). The number of nitrogens with one attached hydrogen (secondary N) is 2. The number of H-pyrrole nitrogens is 1. The average molecular weight is 340 g/mol. The zero-order valence-electron chi connectivity index (χ0n) is 13.7. The summed E-state index contributed by atoms with van der Waals surface area (Å²) in [5, 5.41) is 9.50. The summed E-state index contributed by atoms with van der Waals surface area (Å²) in [5.74, 6) is 0.409. The lowest BCUT2D eigenvalue weighted by molar-refractivity contribution is -0.125. The van der Waals surface area contributed by atoms with Crippen LogP contribution in [0.2, 0.25) is 0 Å². The first-order chi connectivity index (χ1) is 12.2. The van der Waals surface area contributed by atoms with Crippen LogP contribution in [-0.2, 0) is 4.79 Å². The summed E-state index contributed by atoms with van der Waals surface area (Å²) >= 11 is 0. The van der Waals surface area contributed by atoms with Crippen LogP contribution in [0.5, 0.6) is 5.75 Å². The standard InChI is InChI=1S/C18H20N4O3/c23-17(20-12-6-7-12)16-10-14(25-13-4-2-1-3-5-13)11-22(16)18(24)15-8-9-19-21-15/h1-5,8-9,12,14,16H,6-7,10-11H2,(H,19,21)(H,20,23)/t14-,16-/m0/s1. The third-order valence-electron chi connectivity index (χ3n) is 4.53. The monoisotopic (exact) mass is 340 g/mol. The lowest BCUT2D eigenvalue weighted by Gasteiger charge is -2.22. The van der Waals surface area contributed by atoms with Crippen molar-refractivity contribution < 1.29 is 14.3 Å². The number of aromatic nitrogens is 2. The van der Waals surface area contributed by atoms with Crippen LogP contribution in [0.4, 0.5) is 0 Å². The van der Waals surface area contributed by atoms with Crippen LogP contribution in [0.15, 0.2) is 42.6 Å². The third-order valence-corrected chi connectivity index (χ3v) is 4.53. The molecule has 1 saturated heterocycles. The number of rotatable bonds is 5. The maximum atomic E-state index is 12.7. The first-order valence-corrected chi connectivity index (χ1v) is 8.53. The number of benzene rings is 1. The topological polar surface area (TPSA) is 87.3 Å². The highest BCUT2D eigenvalue weighted by molar-refractivity contribution is 5.96. The largest absolute Gasteiger partial charge is 0.488 e. The minimum Gasteiger partial charge on any atom is -0.488 e. The highest BCUT2D eigenvalue weighted by atomic mass is 16.5. The van der Waals surface area contributed by atoms with Crippen LogP contribution >= 0.6 is 0 Å². The molecule has 7 nitrogen and oxygen atoms in total. The van der Waals surface area contributed by atoms with E-state index in [1.54, 1.807) is 11.0 Å². The van der Waals surface area contributed by atoms with Gasteiger partial charge in [0.05, 0.1) is 6.54 Å². The Labute approximate surface area is 145 Å². The van der Waals surface area contributed by atoms with Gasteiger partial charge in [-0.05, 0) is 31.0 Å². The minimum absolute atomic E-state index is 0.102. The smallest absolute Gasteiger partial charge is 0.272 e. The van der Waals surface area contributed by atoms with Crippen molar-refractivity contribution in [1.82, 2.24) is 20.4 Å². The number of aromatic amines is 1. The van der Waals surface area contributed by atoms with E-state index in [0.717, 1.165) is 18.6 Å². The van der Waals surface area contributed by atoms with E-state index in [1.807, 2.05) is 30.3 Å². The number of nitrogens with zero attached hydrogens (tertiary/aromatic N) is 2. The first kappa shape index (κ1) is 15.7. The second-order valence-electron chi connectivity index (χ2n) is 6.52. The molecule has 2 fully saturated rings. The van der Waals surface area contributed by atoms with Gasteiger partial charge in [0.2, 0.25) is 5.91 Å². The molecule has 2 N–H and O–H groups in total. The van der Waals surface area contributed by atoms with E-state index < -0.39 is 6.04 Å². The van der Waals surface area contributed by atoms with Gasteiger partial charge in [0.15, 0.2) is 0 Å². The van der Waals surface area contributed by atoms with E-state index in [9.17, 15) is 9.59 Å². The number of likely N-dealkylation sites (tertiary alicyclic amines) is 1. The highest BCUT2D eigenvalue weighted by Gasteiger charge is 2.42. The molecule has 0 radical (unpaired) electrons. The van der Waals surface area contributed by atoms with Crippen LogP contribution in [0.3, 0.4) is 0 Å². The molecule has 2 amide bonds. The molecule has 2 aliphatic rings. The van der Waals surface area contributed by atoms with Crippen molar-refractivity contribution in [2.75, 3.05) is 6.54 Å². The average Bonchev–Trinajstić information content (AvgIpc) is 3.12. The molecule has 25 heavy (non-hydrogen) atoms. The molecule has 1 aromatic heterocycles. The predicted molar refractivity (Wildman–Crippen MR) is 90.1 cm³/mol. The molecule has 1 saturated carbocycles. The Kier molecular flexibility index (Phi) is 4.13. The van der Waals surface area contributed by atoms with Crippen LogP contribution in [-0.4, -0.2) is 51.6 Å². The Bertz CT molecular complexity index is 743. The number of hydrogen-bond acceptors (Lipinski definition) is 4. The molecule has 7 heteroatoms. The molecule has 1 aliphatic carbocycles. The molecule has 0 unspecified atom stereocenters. The quantitative estimate of drug-likeness (QED) is 0.860. The molecule has 0 bridgehead atoms. The fourth-order valence-electron chi connectivity index (χ4n) is 3.10. The summed E-state index contributed by atoms with van der Waals surface area (Å²) in [7, 11) is 0. The SMILES string of the molecule is O=C(NC1CC1)[C@@H]1C[C@H](Oc2ccccc2)CN1C(=O)c1ccn[nH]1. The second kappa shape index (κ2) is 6.58. The number of amides is 2. The zero-order valence-corrected chi connectivity index (χ0v) is 13.7. The zero-order chi connectivity index (χ0) is 17.2. The number of para-hydroxylation sites is 1. The van der Waals surface area contributed by atoms with Crippen molar-refractivity contribution in [3.63, 3.8) is 0 Å². The van der Waals surface area contributed by atoms with Gasteiger partial charge in [0.1, 0.15) is 23.6 Å². The first-order valence-electron chi connectivity index (χ1n) is 8.53.